The van der Waals surface area contributed by atoms with Gasteiger partial charge in [0.2, 0.25) is 11.8 Å². The summed E-state index contributed by atoms with van der Waals surface area (Å²) in [4.78, 5) is 27.1. The average molecular weight is 349 g/mol. The molecule has 0 bridgehead atoms. The maximum absolute atomic E-state index is 12.1. The van der Waals surface area contributed by atoms with Crippen LogP contribution in [-0.2, 0) is 22.4 Å². The van der Waals surface area contributed by atoms with E-state index in [9.17, 15) is 9.59 Å². The Balaban J connectivity index is 1.35. The Kier molecular flexibility index (Phi) is 6.04. The predicted molar refractivity (Wildman–Crippen MR) is 103 cm³/mol. The smallest absolute Gasteiger partial charge is 0.239 e. The lowest BCUT2D eigenvalue weighted by Crippen LogP contribution is -2.37. The summed E-state index contributed by atoms with van der Waals surface area (Å²) in [5.41, 5.74) is 3.20. The maximum atomic E-state index is 12.1. The lowest BCUT2D eigenvalue weighted by atomic mass is 10.1. The second-order valence-corrected chi connectivity index (χ2v) is 6.25. The highest BCUT2D eigenvalue weighted by atomic mass is 16.2. The first-order chi connectivity index (χ1) is 12.7. The van der Waals surface area contributed by atoms with Crippen molar-refractivity contribution in [3.8, 4) is 0 Å². The van der Waals surface area contributed by atoms with E-state index in [-0.39, 0.29) is 24.8 Å². The number of aryl methyl sites for hydroxylation is 1. The Bertz CT molecular complexity index is 871. The van der Waals surface area contributed by atoms with Crippen molar-refractivity contribution < 1.29 is 9.59 Å². The van der Waals surface area contributed by atoms with Crippen molar-refractivity contribution in [2.24, 2.45) is 0 Å². The molecular formula is C21H23N3O2. The molecule has 2 amide bonds. The van der Waals surface area contributed by atoms with Crippen LogP contribution in [0, 0.1) is 0 Å². The van der Waals surface area contributed by atoms with E-state index in [0.29, 0.717) is 6.54 Å². The molecule has 0 aliphatic rings. The van der Waals surface area contributed by atoms with Crippen LogP contribution in [0.5, 0.6) is 0 Å². The van der Waals surface area contributed by atoms with Crippen LogP contribution in [0.3, 0.4) is 0 Å². The molecule has 5 heteroatoms. The first-order valence-electron chi connectivity index (χ1n) is 8.84. The van der Waals surface area contributed by atoms with E-state index in [0.717, 1.165) is 29.3 Å². The van der Waals surface area contributed by atoms with Crippen LogP contribution in [-0.4, -0.2) is 29.9 Å². The van der Waals surface area contributed by atoms with Gasteiger partial charge in [-0.05, 0) is 30.0 Å². The van der Waals surface area contributed by atoms with E-state index in [1.807, 2.05) is 48.7 Å². The highest BCUT2D eigenvalue weighted by Gasteiger charge is 2.09. The number of aromatic amines is 1. The van der Waals surface area contributed by atoms with Gasteiger partial charge in [0.1, 0.15) is 0 Å². The molecule has 0 aliphatic heterocycles. The molecule has 0 spiro atoms. The van der Waals surface area contributed by atoms with Crippen LogP contribution < -0.4 is 10.6 Å². The van der Waals surface area contributed by atoms with E-state index >= 15 is 0 Å². The first kappa shape index (κ1) is 17.7. The highest BCUT2D eigenvalue weighted by Crippen LogP contribution is 2.17. The number of amides is 2. The van der Waals surface area contributed by atoms with Crippen LogP contribution in [0.15, 0.2) is 60.8 Å². The van der Waals surface area contributed by atoms with E-state index in [1.54, 1.807) is 0 Å². The van der Waals surface area contributed by atoms with Crippen LogP contribution in [0.1, 0.15) is 17.5 Å². The summed E-state index contributed by atoms with van der Waals surface area (Å²) in [6.45, 7) is 0.610. The fourth-order valence-corrected chi connectivity index (χ4v) is 2.92. The molecule has 0 saturated carbocycles. The fraction of sp³-hybridized carbons (Fsp3) is 0.238. The van der Waals surface area contributed by atoms with Crippen molar-refractivity contribution in [1.82, 2.24) is 15.6 Å². The number of hydrogen-bond donors (Lipinski definition) is 3. The number of H-pyrrole nitrogens is 1. The van der Waals surface area contributed by atoms with Gasteiger partial charge in [-0.3, -0.25) is 9.59 Å². The van der Waals surface area contributed by atoms with Crippen LogP contribution >= 0.6 is 0 Å². The molecule has 1 aromatic heterocycles. The molecule has 3 aromatic rings. The maximum Gasteiger partial charge on any atom is 0.239 e. The molecule has 0 fully saturated rings. The normalized spacial score (nSPS) is 10.6. The van der Waals surface area contributed by atoms with E-state index in [1.165, 1.54) is 5.56 Å². The van der Waals surface area contributed by atoms with Gasteiger partial charge in [-0.2, -0.15) is 0 Å². The molecule has 0 saturated heterocycles. The van der Waals surface area contributed by atoms with Gasteiger partial charge in [-0.25, -0.2) is 0 Å². The number of fused-ring (bicyclic) bond motifs is 1. The molecule has 3 N–H and O–H groups in total. The summed E-state index contributed by atoms with van der Waals surface area (Å²) in [7, 11) is 0. The van der Waals surface area contributed by atoms with Gasteiger partial charge in [0.15, 0.2) is 0 Å². The van der Waals surface area contributed by atoms with Gasteiger partial charge >= 0.3 is 0 Å². The summed E-state index contributed by atoms with van der Waals surface area (Å²) < 4.78 is 0. The van der Waals surface area contributed by atoms with Gasteiger partial charge in [-0.15, -0.1) is 0 Å². The summed E-state index contributed by atoms with van der Waals surface area (Å²) in [6.07, 6.45) is 3.90. The van der Waals surface area contributed by atoms with Crippen molar-refractivity contribution in [3.63, 3.8) is 0 Å². The molecular weight excluding hydrogens is 326 g/mol. The number of benzene rings is 2. The Hall–Kier alpha value is -3.08. The lowest BCUT2D eigenvalue weighted by Gasteiger charge is -2.07. The Morgan fingerprint density at radius 1 is 0.885 bits per heavy atom. The SMILES string of the molecule is O=C(CNC(=O)Cc1c[nH]c2ccccc12)NCCCc1ccccc1. The Morgan fingerprint density at radius 2 is 1.65 bits per heavy atom. The van der Waals surface area contributed by atoms with Crippen LogP contribution in [0.25, 0.3) is 10.9 Å². The second-order valence-electron chi connectivity index (χ2n) is 6.25. The molecule has 0 radical (unpaired) electrons. The Labute approximate surface area is 152 Å². The van der Waals surface area contributed by atoms with Gasteiger partial charge < -0.3 is 15.6 Å². The molecule has 0 aliphatic carbocycles. The Morgan fingerprint density at radius 3 is 2.50 bits per heavy atom. The van der Waals surface area contributed by atoms with Gasteiger partial charge in [-0.1, -0.05) is 48.5 Å². The largest absolute Gasteiger partial charge is 0.361 e. The zero-order valence-electron chi connectivity index (χ0n) is 14.6. The number of rotatable bonds is 8. The van der Waals surface area contributed by atoms with Gasteiger partial charge in [0.05, 0.1) is 13.0 Å². The second kappa shape index (κ2) is 8.85. The van der Waals surface area contributed by atoms with Gasteiger partial charge in [0.25, 0.3) is 0 Å². The van der Waals surface area contributed by atoms with E-state index < -0.39 is 0 Å². The summed E-state index contributed by atoms with van der Waals surface area (Å²) in [5, 5.41) is 6.55. The number of para-hydroxylation sites is 1. The van der Waals surface area contributed by atoms with Crippen molar-refractivity contribution in [2.45, 2.75) is 19.3 Å². The van der Waals surface area contributed by atoms with Crippen molar-refractivity contribution in [2.75, 3.05) is 13.1 Å². The summed E-state index contributed by atoms with van der Waals surface area (Å²) >= 11 is 0. The molecule has 1 heterocycles. The van der Waals surface area contributed by atoms with Crippen molar-refractivity contribution in [1.29, 1.82) is 0 Å². The monoisotopic (exact) mass is 349 g/mol. The predicted octanol–water partition coefficient (Wildman–Crippen LogP) is 2.58. The average Bonchev–Trinajstić information content (AvgIpc) is 3.07. The minimum Gasteiger partial charge on any atom is -0.361 e. The molecule has 26 heavy (non-hydrogen) atoms. The van der Waals surface area contributed by atoms with Crippen LogP contribution in [0.4, 0.5) is 0 Å². The first-order valence-corrected chi connectivity index (χ1v) is 8.84. The molecule has 134 valence electrons. The lowest BCUT2D eigenvalue weighted by molar-refractivity contribution is -0.125. The number of carbonyl (C=O) groups is 2. The quantitative estimate of drug-likeness (QED) is 0.547. The third-order valence-electron chi connectivity index (χ3n) is 4.28. The minimum atomic E-state index is -0.162. The summed E-state index contributed by atoms with van der Waals surface area (Å²) in [5.74, 6) is -0.320. The number of aromatic nitrogens is 1. The molecule has 5 nitrogen and oxygen atoms in total. The van der Waals surface area contributed by atoms with Crippen LogP contribution in [0.2, 0.25) is 0 Å². The highest BCUT2D eigenvalue weighted by molar-refractivity contribution is 5.90. The van der Waals surface area contributed by atoms with Gasteiger partial charge in [0, 0.05) is 23.6 Å². The number of carbonyl (C=O) groups excluding carboxylic acids is 2. The topological polar surface area (TPSA) is 74.0 Å². The van der Waals surface area contributed by atoms with Crippen molar-refractivity contribution >= 4 is 22.7 Å². The van der Waals surface area contributed by atoms with E-state index in [4.69, 9.17) is 0 Å². The standard InChI is InChI=1S/C21H23N3O2/c25-20(13-17-14-23-19-11-5-4-10-18(17)19)24-15-21(26)22-12-6-9-16-7-2-1-3-8-16/h1-5,7-8,10-11,14,23H,6,9,12-13,15H2,(H,22,26)(H,24,25). The molecule has 0 atom stereocenters. The zero-order chi connectivity index (χ0) is 18.2. The molecule has 3 rings (SSSR count). The number of nitrogens with one attached hydrogen (secondary N) is 3. The van der Waals surface area contributed by atoms with E-state index in [2.05, 4.69) is 27.8 Å². The molecule has 0 unspecified atom stereocenters. The zero-order valence-corrected chi connectivity index (χ0v) is 14.6. The number of hydrogen-bond acceptors (Lipinski definition) is 2. The third kappa shape index (κ3) is 4.96. The third-order valence-corrected chi connectivity index (χ3v) is 4.28. The summed E-state index contributed by atoms with van der Waals surface area (Å²) in [6, 6.07) is 18.0. The van der Waals surface area contributed by atoms with Crippen molar-refractivity contribution in [3.05, 3.63) is 71.9 Å². The molecule has 2 aromatic carbocycles. The minimum absolute atomic E-state index is 0.00647. The fourth-order valence-electron chi connectivity index (χ4n) is 2.92.